The van der Waals surface area contributed by atoms with E-state index in [2.05, 4.69) is 30.7 Å². The molecular formula is C20H27NO2S. The normalized spacial score (nSPS) is 13.2. The summed E-state index contributed by atoms with van der Waals surface area (Å²) in [6, 6.07) is 13.4. The number of benzene rings is 2. The molecule has 0 aliphatic rings. The van der Waals surface area contributed by atoms with Gasteiger partial charge in [0.15, 0.2) is 0 Å². The van der Waals surface area contributed by atoms with Gasteiger partial charge in [-0.05, 0) is 48.9 Å². The highest BCUT2D eigenvalue weighted by Crippen LogP contribution is 2.24. The summed E-state index contributed by atoms with van der Waals surface area (Å²) in [6.45, 7) is 10.1. The maximum atomic E-state index is 12.8. The monoisotopic (exact) mass is 345 g/mol. The van der Waals surface area contributed by atoms with Crippen LogP contribution in [0.5, 0.6) is 0 Å². The standard InChI is InChI=1S/C20H27NO2S/c1-6-19(18-10-8-17(9-11-18)14(2)3)21-24(22,23)20-12-7-15(4)13-16(20)5/h7-14,19,21H,6H2,1-5H3. The number of nitrogens with one attached hydrogen (secondary N) is 1. The fourth-order valence-corrected chi connectivity index (χ4v) is 4.39. The van der Waals surface area contributed by atoms with Crippen LogP contribution in [0.2, 0.25) is 0 Å². The lowest BCUT2D eigenvalue weighted by atomic mass is 9.98. The Bertz CT molecular complexity index is 793. The van der Waals surface area contributed by atoms with E-state index in [1.165, 1.54) is 5.56 Å². The molecule has 2 aromatic rings. The molecule has 0 aromatic heterocycles. The Hall–Kier alpha value is -1.65. The highest BCUT2D eigenvalue weighted by atomic mass is 32.2. The number of sulfonamides is 1. The second-order valence-corrected chi connectivity index (χ2v) is 8.35. The van der Waals surface area contributed by atoms with Crippen molar-refractivity contribution in [1.29, 1.82) is 0 Å². The number of hydrogen-bond donors (Lipinski definition) is 1. The third-order valence-corrected chi connectivity index (χ3v) is 5.96. The summed E-state index contributed by atoms with van der Waals surface area (Å²) in [6.07, 6.45) is 0.700. The molecule has 1 N–H and O–H groups in total. The summed E-state index contributed by atoms with van der Waals surface area (Å²) in [5, 5.41) is 0. The van der Waals surface area contributed by atoms with E-state index in [4.69, 9.17) is 0 Å². The zero-order chi connectivity index (χ0) is 17.9. The molecule has 130 valence electrons. The van der Waals surface area contributed by atoms with E-state index < -0.39 is 10.0 Å². The molecule has 24 heavy (non-hydrogen) atoms. The third kappa shape index (κ3) is 4.25. The molecule has 2 rings (SSSR count). The first-order valence-electron chi connectivity index (χ1n) is 8.44. The van der Waals surface area contributed by atoms with E-state index >= 15 is 0 Å². The highest BCUT2D eigenvalue weighted by Gasteiger charge is 2.22. The lowest BCUT2D eigenvalue weighted by Gasteiger charge is -2.19. The first-order valence-corrected chi connectivity index (χ1v) is 9.92. The highest BCUT2D eigenvalue weighted by molar-refractivity contribution is 7.89. The van der Waals surface area contributed by atoms with E-state index in [-0.39, 0.29) is 6.04 Å². The molecule has 0 saturated heterocycles. The number of hydrogen-bond acceptors (Lipinski definition) is 2. The summed E-state index contributed by atoms with van der Waals surface area (Å²) in [7, 11) is -3.54. The first kappa shape index (κ1) is 18.7. The Morgan fingerprint density at radius 3 is 2.04 bits per heavy atom. The van der Waals surface area contributed by atoms with Crippen LogP contribution in [0.1, 0.15) is 61.4 Å². The third-order valence-electron chi connectivity index (χ3n) is 4.33. The van der Waals surface area contributed by atoms with Crippen LogP contribution in [-0.2, 0) is 10.0 Å². The molecule has 0 spiro atoms. The second-order valence-electron chi connectivity index (χ2n) is 6.67. The van der Waals surface area contributed by atoms with Gasteiger partial charge in [0.1, 0.15) is 0 Å². The molecule has 1 atom stereocenters. The Balaban J connectivity index is 2.28. The van der Waals surface area contributed by atoms with Gasteiger partial charge in [0.25, 0.3) is 0 Å². The molecule has 0 fully saturated rings. The summed E-state index contributed by atoms with van der Waals surface area (Å²) in [5.74, 6) is 0.464. The molecule has 0 aliphatic carbocycles. The fraction of sp³-hybridized carbons (Fsp3) is 0.400. The number of rotatable bonds is 6. The summed E-state index contributed by atoms with van der Waals surface area (Å²) >= 11 is 0. The minimum atomic E-state index is -3.54. The average Bonchev–Trinajstić information content (AvgIpc) is 2.52. The van der Waals surface area contributed by atoms with E-state index in [0.29, 0.717) is 17.2 Å². The van der Waals surface area contributed by atoms with Gasteiger partial charge in [-0.25, -0.2) is 13.1 Å². The SMILES string of the molecule is CCC(NS(=O)(=O)c1ccc(C)cc1C)c1ccc(C(C)C)cc1. The van der Waals surface area contributed by atoms with Crippen molar-refractivity contribution in [2.45, 2.75) is 57.9 Å². The number of aryl methyl sites for hydroxylation is 2. The molecule has 0 heterocycles. The smallest absolute Gasteiger partial charge is 0.207 e. The molecule has 2 aromatic carbocycles. The van der Waals surface area contributed by atoms with Crippen LogP contribution in [0.15, 0.2) is 47.4 Å². The van der Waals surface area contributed by atoms with Crippen LogP contribution in [-0.4, -0.2) is 8.42 Å². The van der Waals surface area contributed by atoms with Crippen molar-refractivity contribution in [2.24, 2.45) is 0 Å². The van der Waals surface area contributed by atoms with Crippen molar-refractivity contribution in [1.82, 2.24) is 4.72 Å². The lowest BCUT2D eigenvalue weighted by molar-refractivity contribution is 0.549. The van der Waals surface area contributed by atoms with Crippen molar-refractivity contribution in [3.05, 3.63) is 64.7 Å². The van der Waals surface area contributed by atoms with Gasteiger partial charge in [-0.1, -0.05) is 62.7 Å². The molecular weight excluding hydrogens is 318 g/mol. The molecule has 0 saturated carbocycles. The van der Waals surface area contributed by atoms with Crippen molar-refractivity contribution in [2.75, 3.05) is 0 Å². The van der Waals surface area contributed by atoms with E-state index in [1.807, 2.05) is 45.0 Å². The predicted molar refractivity (Wildman–Crippen MR) is 99.8 cm³/mol. The van der Waals surface area contributed by atoms with Gasteiger partial charge >= 0.3 is 0 Å². The van der Waals surface area contributed by atoms with Crippen LogP contribution in [0.3, 0.4) is 0 Å². The van der Waals surface area contributed by atoms with E-state index in [1.54, 1.807) is 6.07 Å². The van der Waals surface area contributed by atoms with Crippen molar-refractivity contribution in [3.63, 3.8) is 0 Å². The van der Waals surface area contributed by atoms with Gasteiger partial charge in [0.2, 0.25) is 10.0 Å². The van der Waals surface area contributed by atoms with Crippen LogP contribution < -0.4 is 4.72 Å². The zero-order valence-corrected chi connectivity index (χ0v) is 15.9. The Kier molecular flexibility index (Phi) is 5.83. The fourth-order valence-electron chi connectivity index (χ4n) is 2.85. The molecule has 0 radical (unpaired) electrons. The van der Waals surface area contributed by atoms with Gasteiger partial charge in [-0.3, -0.25) is 0 Å². The second kappa shape index (κ2) is 7.49. The van der Waals surface area contributed by atoms with E-state index in [9.17, 15) is 8.42 Å². The van der Waals surface area contributed by atoms with E-state index in [0.717, 1.165) is 16.7 Å². The molecule has 0 amide bonds. The predicted octanol–water partition coefficient (Wildman–Crippen LogP) is 4.86. The van der Waals surface area contributed by atoms with Crippen molar-refractivity contribution in [3.8, 4) is 0 Å². The van der Waals surface area contributed by atoms with Crippen LogP contribution in [0.25, 0.3) is 0 Å². The van der Waals surface area contributed by atoms with Gasteiger partial charge in [-0.2, -0.15) is 0 Å². The minimum absolute atomic E-state index is 0.225. The topological polar surface area (TPSA) is 46.2 Å². The Morgan fingerprint density at radius 1 is 0.958 bits per heavy atom. The van der Waals surface area contributed by atoms with Crippen molar-refractivity contribution < 1.29 is 8.42 Å². The minimum Gasteiger partial charge on any atom is -0.207 e. The molecule has 0 bridgehead atoms. The van der Waals surface area contributed by atoms with Crippen molar-refractivity contribution >= 4 is 10.0 Å². The molecule has 0 aliphatic heterocycles. The largest absolute Gasteiger partial charge is 0.241 e. The first-order chi connectivity index (χ1) is 11.2. The average molecular weight is 346 g/mol. The van der Waals surface area contributed by atoms with Gasteiger partial charge in [-0.15, -0.1) is 0 Å². The maximum Gasteiger partial charge on any atom is 0.241 e. The molecule has 4 heteroatoms. The van der Waals surface area contributed by atoms with Gasteiger partial charge < -0.3 is 0 Å². The van der Waals surface area contributed by atoms with Crippen LogP contribution in [0.4, 0.5) is 0 Å². The van der Waals surface area contributed by atoms with Crippen LogP contribution >= 0.6 is 0 Å². The summed E-state index contributed by atoms with van der Waals surface area (Å²) in [5.41, 5.74) is 4.08. The summed E-state index contributed by atoms with van der Waals surface area (Å²) in [4.78, 5) is 0.352. The van der Waals surface area contributed by atoms with Gasteiger partial charge in [0, 0.05) is 6.04 Å². The molecule has 3 nitrogen and oxygen atoms in total. The Morgan fingerprint density at radius 2 is 1.54 bits per heavy atom. The Labute approximate surface area is 146 Å². The quantitative estimate of drug-likeness (QED) is 0.813. The zero-order valence-electron chi connectivity index (χ0n) is 15.1. The summed E-state index contributed by atoms with van der Waals surface area (Å²) < 4.78 is 28.4. The van der Waals surface area contributed by atoms with Crippen LogP contribution in [0, 0.1) is 13.8 Å². The lowest BCUT2D eigenvalue weighted by Crippen LogP contribution is -2.29. The molecule has 1 unspecified atom stereocenters. The maximum absolute atomic E-state index is 12.8. The van der Waals surface area contributed by atoms with Gasteiger partial charge in [0.05, 0.1) is 4.90 Å².